The number of hydrogen-bond donors (Lipinski definition) is 0. The second-order valence-corrected chi connectivity index (χ2v) is 7.97. The number of carbonyl (C=O) groups is 2. The minimum Gasteiger partial charge on any atom is -0.350 e. The van der Waals surface area contributed by atoms with E-state index in [4.69, 9.17) is 9.47 Å². The molecule has 0 spiro atoms. The largest absolute Gasteiger partial charge is 0.350 e. The van der Waals surface area contributed by atoms with Crippen LogP contribution in [0.4, 0.5) is 0 Å². The molecule has 0 saturated heterocycles. The Bertz CT molecular complexity index is 613. The summed E-state index contributed by atoms with van der Waals surface area (Å²) in [6, 6.07) is 9.61. The highest BCUT2D eigenvalue weighted by atomic mass is 79.9. The van der Waals surface area contributed by atoms with Gasteiger partial charge in [0.05, 0.1) is 0 Å². The Morgan fingerprint density at radius 1 is 1.05 bits per heavy atom. The Labute approximate surface area is 139 Å². The van der Waals surface area contributed by atoms with Crippen LogP contribution in [0.2, 0.25) is 0 Å². The van der Waals surface area contributed by atoms with Crippen LogP contribution >= 0.6 is 31.9 Å². The van der Waals surface area contributed by atoms with Gasteiger partial charge in [-0.3, -0.25) is 9.59 Å². The van der Waals surface area contributed by atoms with Crippen LogP contribution in [0.15, 0.2) is 30.3 Å². The van der Waals surface area contributed by atoms with Gasteiger partial charge in [0.2, 0.25) is 17.4 Å². The fourth-order valence-corrected chi connectivity index (χ4v) is 6.38. The van der Waals surface area contributed by atoms with Crippen molar-refractivity contribution in [2.24, 2.45) is 0 Å². The molecule has 112 valence electrons. The molecule has 3 atom stereocenters. The predicted octanol–water partition coefficient (Wildman–Crippen LogP) is 2.58. The van der Waals surface area contributed by atoms with Crippen molar-refractivity contribution in [3.8, 4) is 0 Å². The van der Waals surface area contributed by atoms with Crippen LogP contribution in [0.25, 0.3) is 0 Å². The lowest BCUT2D eigenvalue weighted by atomic mass is 9.81. The number of benzene rings is 1. The number of halogens is 2. The molecule has 0 unspecified atom stereocenters. The van der Waals surface area contributed by atoms with E-state index in [0.717, 1.165) is 5.56 Å². The Balaban J connectivity index is 2.24. The van der Waals surface area contributed by atoms with E-state index in [2.05, 4.69) is 31.9 Å². The standard InChI is InChI=1S/C15H14Br2O4/c1-20-15(21-2)13(16)8-10(9-6-4-3-5-7-9)14(15,17)12(19)11(13)18/h3-7,10H,8H2,1-2H3/t10-,13-,14+/m0/s1. The van der Waals surface area contributed by atoms with Crippen LogP contribution in [-0.2, 0) is 19.1 Å². The Morgan fingerprint density at radius 2 is 1.62 bits per heavy atom. The van der Waals surface area contributed by atoms with Gasteiger partial charge in [-0.1, -0.05) is 62.2 Å². The summed E-state index contributed by atoms with van der Waals surface area (Å²) in [6.45, 7) is 0. The van der Waals surface area contributed by atoms with Crippen LogP contribution in [0.3, 0.4) is 0 Å². The molecule has 1 aromatic rings. The van der Waals surface area contributed by atoms with Gasteiger partial charge in [0.15, 0.2) is 4.32 Å². The predicted molar refractivity (Wildman–Crippen MR) is 83.9 cm³/mol. The molecule has 21 heavy (non-hydrogen) atoms. The maximum atomic E-state index is 12.6. The number of methoxy groups -OCH3 is 2. The Kier molecular flexibility index (Phi) is 3.44. The number of alkyl halides is 2. The third kappa shape index (κ3) is 1.52. The van der Waals surface area contributed by atoms with Crippen molar-refractivity contribution >= 4 is 43.4 Å². The lowest BCUT2D eigenvalue weighted by Gasteiger charge is -2.39. The van der Waals surface area contributed by atoms with Crippen molar-refractivity contribution in [1.29, 1.82) is 0 Å². The molecular weight excluding hydrogens is 404 g/mol. The quantitative estimate of drug-likeness (QED) is 0.431. The van der Waals surface area contributed by atoms with Crippen molar-refractivity contribution in [1.82, 2.24) is 0 Å². The first kappa shape index (κ1) is 15.3. The first-order chi connectivity index (χ1) is 9.89. The number of rotatable bonds is 3. The SMILES string of the molecule is COC1(OC)[C@]2(Br)C[C@@H](c3ccccc3)[C@@]1(Br)C(=O)C2=O. The summed E-state index contributed by atoms with van der Waals surface area (Å²) >= 11 is 6.98. The summed E-state index contributed by atoms with van der Waals surface area (Å²) in [5.74, 6) is -2.60. The van der Waals surface area contributed by atoms with E-state index in [1.165, 1.54) is 14.2 Å². The molecule has 0 heterocycles. The minimum absolute atomic E-state index is 0.219. The van der Waals surface area contributed by atoms with Crippen molar-refractivity contribution in [3.63, 3.8) is 0 Å². The van der Waals surface area contributed by atoms with Gasteiger partial charge < -0.3 is 9.47 Å². The molecule has 2 fully saturated rings. The number of ketones is 2. The fourth-order valence-electron chi connectivity index (χ4n) is 3.71. The highest BCUT2D eigenvalue weighted by molar-refractivity contribution is 9.11. The van der Waals surface area contributed by atoms with Gasteiger partial charge >= 0.3 is 0 Å². The Morgan fingerprint density at radius 3 is 2.10 bits per heavy atom. The number of Topliss-reactive ketones (excluding diaryl/α,β-unsaturated/α-hetero) is 2. The number of hydrogen-bond acceptors (Lipinski definition) is 4. The summed E-state index contributed by atoms with van der Waals surface area (Å²) in [4.78, 5) is 25.0. The van der Waals surface area contributed by atoms with E-state index in [1.54, 1.807) is 0 Å². The van der Waals surface area contributed by atoms with Crippen LogP contribution in [0.1, 0.15) is 17.9 Å². The average Bonchev–Trinajstić information content (AvgIpc) is 2.79. The zero-order valence-corrected chi connectivity index (χ0v) is 14.7. The maximum Gasteiger partial charge on any atom is 0.222 e. The molecule has 2 saturated carbocycles. The van der Waals surface area contributed by atoms with Gasteiger partial charge in [-0.2, -0.15) is 0 Å². The smallest absolute Gasteiger partial charge is 0.222 e. The summed E-state index contributed by atoms with van der Waals surface area (Å²) in [5.41, 5.74) is 0.968. The van der Waals surface area contributed by atoms with Gasteiger partial charge in [-0.05, 0) is 12.0 Å². The molecule has 6 heteroatoms. The zero-order valence-electron chi connectivity index (χ0n) is 11.6. The van der Waals surface area contributed by atoms with Crippen LogP contribution in [-0.4, -0.2) is 40.2 Å². The third-order valence-corrected chi connectivity index (χ3v) is 7.28. The highest BCUT2D eigenvalue weighted by Crippen LogP contribution is 2.68. The van der Waals surface area contributed by atoms with E-state index in [0.29, 0.717) is 6.42 Å². The lowest BCUT2D eigenvalue weighted by molar-refractivity contribution is -0.213. The first-order valence-electron chi connectivity index (χ1n) is 6.51. The molecule has 2 aliphatic carbocycles. The molecule has 0 amide bonds. The molecule has 2 bridgehead atoms. The van der Waals surface area contributed by atoms with Crippen LogP contribution < -0.4 is 0 Å². The lowest BCUT2D eigenvalue weighted by Crippen LogP contribution is -2.56. The van der Waals surface area contributed by atoms with Crippen molar-refractivity contribution in [2.75, 3.05) is 14.2 Å². The van der Waals surface area contributed by atoms with E-state index < -0.39 is 26.0 Å². The molecule has 1 aromatic carbocycles. The molecule has 0 aromatic heterocycles. The number of fused-ring (bicyclic) bond motifs is 2. The van der Waals surface area contributed by atoms with Crippen molar-refractivity contribution in [3.05, 3.63) is 35.9 Å². The second kappa shape index (κ2) is 4.72. The molecule has 3 rings (SSSR count). The molecule has 4 nitrogen and oxygen atoms in total. The topological polar surface area (TPSA) is 52.6 Å². The van der Waals surface area contributed by atoms with Gasteiger partial charge in [0, 0.05) is 20.1 Å². The normalized spacial score (nSPS) is 37.2. The second-order valence-electron chi connectivity index (χ2n) is 5.36. The molecule has 0 N–H and O–H groups in total. The fraction of sp³-hybridized carbons (Fsp3) is 0.467. The molecule has 0 radical (unpaired) electrons. The van der Waals surface area contributed by atoms with Crippen molar-refractivity contribution in [2.45, 2.75) is 26.8 Å². The zero-order chi connectivity index (χ0) is 15.5. The van der Waals surface area contributed by atoms with E-state index in [-0.39, 0.29) is 5.92 Å². The maximum absolute atomic E-state index is 12.6. The Hall–Kier alpha value is -0.560. The molecule has 0 aliphatic heterocycles. The number of ether oxygens (including phenoxy) is 2. The summed E-state index contributed by atoms with van der Waals surface area (Å²) in [7, 11) is 2.91. The van der Waals surface area contributed by atoms with Crippen LogP contribution in [0, 0.1) is 0 Å². The summed E-state index contributed by atoms with van der Waals surface area (Å²) < 4.78 is 8.75. The van der Waals surface area contributed by atoms with Gasteiger partial charge in [-0.25, -0.2) is 0 Å². The molecule has 2 aliphatic rings. The van der Waals surface area contributed by atoms with Gasteiger partial charge in [-0.15, -0.1) is 0 Å². The average molecular weight is 418 g/mol. The van der Waals surface area contributed by atoms with E-state index in [9.17, 15) is 9.59 Å². The third-order valence-electron chi connectivity index (χ3n) is 4.64. The number of carbonyl (C=O) groups excluding carboxylic acids is 2. The van der Waals surface area contributed by atoms with Gasteiger partial charge in [0.25, 0.3) is 0 Å². The monoisotopic (exact) mass is 416 g/mol. The van der Waals surface area contributed by atoms with E-state index >= 15 is 0 Å². The van der Waals surface area contributed by atoms with E-state index in [1.807, 2.05) is 30.3 Å². The van der Waals surface area contributed by atoms with Gasteiger partial charge in [0.1, 0.15) is 4.32 Å². The minimum atomic E-state index is -1.37. The molecular formula is C15H14Br2O4. The summed E-state index contributed by atoms with van der Waals surface area (Å²) in [5, 5.41) is 0. The van der Waals surface area contributed by atoms with Crippen molar-refractivity contribution < 1.29 is 19.1 Å². The van der Waals surface area contributed by atoms with Crippen LogP contribution in [0.5, 0.6) is 0 Å². The first-order valence-corrected chi connectivity index (χ1v) is 8.10. The highest BCUT2D eigenvalue weighted by Gasteiger charge is 2.85. The summed E-state index contributed by atoms with van der Waals surface area (Å²) in [6.07, 6.45) is 0.425.